The molecule has 1 rings (SSSR count). The Labute approximate surface area is 101 Å². The van der Waals surface area contributed by atoms with Crippen molar-refractivity contribution in [1.29, 1.82) is 0 Å². The van der Waals surface area contributed by atoms with Crippen LogP contribution in [0.3, 0.4) is 0 Å². The van der Waals surface area contributed by atoms with E-state index in [1.807, 2.05) is 13.1 Å². The summed E-state index contributed by atoms with van der Waals surface area (Å²) in [5.41, 5.74) is 0.523. The van der Waals surface area contributed by atoms with Crippen molar-refractivity contribution in [1.82, 2.24) is 9.47 Å². The molecule has 0 aromatic carbocycles. The fourth-order valence-electron chi connectivity index (χ4n) is 1.82. The summed E-state index contributed by atoms with van der Waals surface area (Å²) >= 11 is 0. The molecule has 1 aromatic rings. The van der Waals surface area contributed by atoms with Gasteiger partial charge >= 0.3 is 5.97 Å². The molecule has 0 spiro atoms. The number of hydrogen-bond acceptors (Lipinski definition) is 2. The number of carboxylic acids is 1. The van der Waals surface area contributed by atoms with Gasteiger partial charge in [-0.25, -0.2) is 4.79 Å². The molecule has 17 heavy (non-hydrogen) atoms. The fourth-order valence-corrected chi connectivity index (χ4v) is 1.82. The Morgan fingerprint density at radius 1 is 1.47 bits per heavy atom. The molecule has 0 bridgehead atoms. The molecule has 5 heteroatoms. The summed E-state index contributed by atoms with van der Waals surface area (Å²) in [7, 11) is 1.53. The SMILES string of the molecule is CCC(C(=O)O)N(C)C(=O)c1cccn1CC. The van der Waals surface area contributed by atoms with Crippen LogP contribution in [-0.2, 0) is 11.3 Å². The number of aromatic nitrogens is 1. The second kappa shape index (κ2) is 5.52. The Balaban J connectivity index is 2.93. The van der Waals surface area contributed by atoms with E-state index in [0.29, 0.717) is 18.7 Å². The summed E-state index contributed by atoms with van der Waals surface area (Å²) in [5, 5.41) is 9.02. The van der Waals surface area contributed by atoms with Crippen LogP contribution in [0, 0.1) is 0 Å². The van der Waals surface area contributed by atoms with Crippen molar-refractivity contribution in [3.63, 3.8) is 0 Å². The number of rotatable bonds is 5. The van der Waals surface area contributed by atoms with Crippen molar-refractivity contribution in [2.75, 3.05) is 7.05 Å². The molecular formula is C12H18N2O3. The van der Waals surface area contributed by atoms with Gasteiger partial charge in [-0.15, -0.1) is 0 Å². The highest BCUT2D eigenvalue weighted by molar-refractivity contribution is 5.95. The van der Waals surface area contributed by atoms with Crippen molar-refractivity contribution in [3.8, 4) is 0 Å². The summed E-state index contributed by atoms with van der Waals surface area (Å²) in [6.07, 6.45) is 2.20. The van der Waals surface area contributed by atoms with Crippen molar-refractivity contribution in [2.45, 2.75) is 32.9 Å². The molecule has 0 aliphatic heterocycles. The van der Waals surface area contributed by atoms with E-state index in [9.17, 15) is 9.59 Å². The number of amides is 1. The van der Waals surface area contributed by atoms with E-state index in [-0.39, 0.29) is 5.91 Å². The first-order valence-electron chi connectivity index (χ1n) is 5.68. The molecule has 0 fully saturated rings. The van der Waals surface area contributed by atoms with Crippen molar-refractivity contribution >= 4 is 11.9 Å². The molecule has 1 amide bonds. The van der Waals surface area contributed by atoms with E-state index in [1.54, 1.807) is 23.6 Å². The highest BCUT2D eigenvalue weighted by atomic mass is 16.4. The third kappa shape index (κ3) is 2.67. The third-order valence-corrected chi connectivity index (χ3v) is 2.85. The second-order valence-electron chi connectivity index (χ2n) is 3.86. The van der Waals surface area contributed by atoms with Crippen LogP contribution >= 0.6 is 0 Å². The number of hydrogen-bond donors (Lipinski definition) is 1. The number of nitrogens with zero attached hydrogens (tertiary/aromatic N) is 2. The van der Waals surface area contributed by atoms with Gasteiger partial charge in [0.15, 0.2) is 0 Å². The van der Waals surface area contributed by atoms with Gasteiger partial charge < -0.3 is 14.6 Å². The van der Waals surface area contributed by atoms with Crippen LogP contribution in [0.5, 0.6) is 0 Å². The predicted octanol–water partition coefficient (Wildman–Crippen LogP) is 1.44. The van der Waals surface area contributed by atoms with Crippen LogP contribution in [-0.4, -0.2) is 39.5 Å². The average molecular weight is 238 g/mol. The van der Waals surface area contributed by atoms with Crippen LogP contribution in [0.25, 0.3) is 0 Å². The zero-order valence-corrected chi connectivity index (χ0v) is 10.4. The van der Waals surface area contributed by atoms with Gasteiger partial charge in [0.05, 0.1) is 0 Å². The molecule has 1 N–H and O–H groups in total. The molecule has 0 saturated heterocycles. The number of aryl methyl sites for hydroxylation is 1. The van der Waals surface area contributed by atoms with E-state index in [0.717, 1.165) is 0 Å². The first-order valence-corrected chi connectivity index (χ1v) is 5.68. The minimum Gasteiger partial charge on any atom is -0.480 e. The van der Waals surface area contributed by atoms with Gasteiger partial charge in [-0.3, -0.25) is 4.79 Å². The maximum atomic E-state index is 12.1. The fraction of sp³-hybridized carbons (Fsp3) is 0.500. The van der Waals surface area contributed by atoms with Crippen LogP contribution < -0.4 is 0 Å². The molecule has 0 radical (unpaired) electrons. The summed E-state index contributed by atoms with van der Waals surface area (Å²) < 4.78 is 1.80. The van der Waals surface area contributed by atoms with Crippen LogP contribution in [0.1, 0.15) is 30.8 Å². The Morgan fingerprint density at radius 3 is 2.59 bits per heavy atom. The monoisotopic (exact) mass is 238 g/mol. The first kappa shape index (κ1) is 13.3. The Kier molecular flexibility index (Phi) is 4.31. The molecule has 1 heterocycles. The largest absolute Gasteiger partial charge is 0.480 e. The molecular weight excluding hydrogens is 220 g/mol. The van der Waals surface area contributed by atoms with Gasteiger partial charge in [0.25, 0.3) is 5.91 Å². The van der Waals surface area contributed by atoms with Gasteiger partial charge in [-0.05, 0) is 25.5 Å². The molecule has 0 aliphatic rings. The highest BCUT2D eigenvalue weighted by Gasteiger charge is 2.26. The lowest BCUT2D eigenvalue weighted by Crippen LogP contribution is -2.42. The molecule has 0 aliphatic carbocycles. The summed E-state index contributed by atoms with van der Waals surface area (Å²) in [6, 6.07) is 2.71. The second-order valence-corrected chi connectivity index (χ2v) is 3.86. The number of aliphatic carboxylic acids is 1. The quantitative estimate of drug-likeness (QED) is 0.844. The van der Waals surface area contributed by atoms with Gasteiger partial charge in [0, 0.05) is 19.8 Å². The maximum absolute atomic E-state index is 12.1. The lowest BCUT2D eigenvalue weighted by atomic mass is 10.2. The standard InChI is InChI=1S/C12H18N2O3/c1-4-9(12(16)17)13(3)11(15)10-7-6-8-14(10)5-2/h6-9H,4-5H2,1-3H3,(H,16,17). The molecule has 1 unspecified atom stereocenters. The Bertz CT molecular complexity index is 412. The zero-order valence-electron chi connectivity index (χ0n) is 10.4. The Morgan fingerprint density at radius 2 is 2.12 bits per heavy atom. The summed E-state index contributed by atoms with van der Waals surface area (Å²) in [6.45, 7) is 4.37. The number of carboxylic acid groups (broad SMARTS) is 1. The highest BCUT2D eigenvalue weighted by Crippen LogP contribution is 2.10. The normalized spacial score (nSPS) is 12.2. The smallest absolute Gasteiger partial charge is 0.326 e. The predicted molar refractivity (Wildman–Crippen MR) is 63.9 cm³/mol. The maximum Gasteiger partial charge on any atom is 0.326 e. The molecule has 94 valence electrons. The molecule has 5 nitrogen and oxygen atoms in total. The van der Waals surface area contributed by atoms with Crippen LogP contribution in [0.15, 0.2) is 18.3 Å². The Hall–Kier alpha value is -1.78. The number of carbonyl (C=O) groups is 2. The van der Waals surface area contributed by atoms with Gasteiger partial charge in [0.2, 0.25) is 0 Å². The minimum atomic E-state index is -0.974. The van der Waals surface area contributed by atoms with Crippen LogP contribution in [0.2, 0.25) is 0 Å². The van der Waals surface area contributed by atoms with Crippen molar-refractivity contribution < 1.29 is 14.7 Å². The summed E-state index contributed by atoms with van der Waals surface area (Å²) in [5.74, 6) is -1.23. The molecule has 0 saturated carbocycles. The first-order chi connectivity index (χ1) is 8.02. The van der Waals surface area contributed by atoms with E-state index in [1.165, 1.54) is 11.9 Å². The third-order valence-electron chi connectivity index (χ3n) is 2.85. The number of likely N-dealkylation sites (N-methyl/N-ethyl adjacent to an activating group) is 1. The van der Waals surface area contributed by atoms with E-state index in [4.69, 9.17) is 5.11 Å². The van der Waals surface area contributed by atoms with Gasteiger partial charge in [-0.2, -0.15) is 0 Å². The molecule has 1 atom stereocenters. The van der Waals surface area contributed by atoms with Crippen LogP contribution in [0.4, 0.5) is 0 Å². The van der Waals surface area contributed by atoms with Crippen molar-refractivity contribution in [2.24, 2.45) is 0 Å². The number of carbonyl (C=O) groups excluding carboxylic acids is 1. The lowest BCUT2D eigenvalue weighted by molar-refractivity contribution is -0.142. The lowest BCUT2D eigenvalue weighted by Gasteiger charge is -2.24. The molecule has 1 aromatic heterocycles. The summed E-state index contributed by atoms with van der Waals surface area (Å²) in [4.78, 5) is 24.4. The van der Waals surface area contributed by atoms with Gasteiger partial charge in [0.1, 0.15) is 11.7 Å². The zero-order chi connectivity index (χ0) is 13.0. The average Bonchev–Trinajstić information content (AvgIpc) is 2.76. The van der Waals surface area contributed by atoms with Crippen molar-refractivity contribution in [3.05, 3.63) is 24.0 Å². The van der Waals surface area contributed by atoms with E-state index in [2.05, 4.69) is 0 Å². The van der Waals surface area contributed by atoms with E-state index < -0.39 is 12.0 Å². The van der Waals surface area contributed by atoms with Gasteiger partial charge in [-0.1, -0.05) is 6.92 Å². The van der Waals surface area contributed by atoms with E-state index >= 15 is 0 Å². The minimum absolute atomic E-state index is 0.258. The topological polar surface area (TPSA) is 62.5 Å².